The summed E-state index contributed by atoms with van der Waals surface area (Å²) in [7, 11) is 0. The van der Waals surface area contributed by atoms with Crippen LogP contribution in [0.2, 0.25) is 0 Å². The molecule has 1 aromatic carbocycles. The van der Waals surface area contributed by atoms with Gasteiger partial charge in [-0.05, 0) is 24.1 Å². The molecule has 0 aliphatic rings. The molecule has 0 bridgehead atoms. The lowest BCUT2D eigenvalue weighted by Crippen LogP contribution is -2.12. The molecule has 0 unspecified atom stereocenters. The van der Waals surface area contributed by atoms with Gasteiger partial charge in [-0.15, -0.1) is 10.2 Å². The summed E-state index contributed by atoms with van der Waals surface area (Å²) >= 11 is 0. The second-order valence-electron chi connectivity index (χ2n) is 6.87. The quantitative estimate of drug-likeness (QED) is 0.121. The number of fused-ring (bicyclic) bond motifs is 1. The summed E-state index contributed by atoms with van der Waals surface area (Å²) in [5.41, 5.74) is 7.32. The molecule has 12 nitrogen and oxygen atoms in total. The van der Waals surface area contributed by atoms with Gasteiger partial charge in [0.05, 0.1) is 6.26 Å². The number of amidine groups is 1. The molecular formula is C19H18F3N11O. The van der Waals surface area contributed by atoms with Gasteiger partial charge >= 0.3 is 6.18 Å². The van der Waals surface area contributed by atoms with E-state index >= 15 is 0 Å². The fraction of sp³-hybridized carbons (Fsp3) is 0.211. The Labute approximate surface area is 189 Å². The summed E-state index contributed by atoms with van der Waals surface area (Å²) in [6, 6.07) is 10.3. The molecule has 0 saturated heterocycles. The number of alkyl halides is 3. The minimum absolute atomic E-state index is 0.103. The lowest BCUT2D eigenvalue weighted by atomic mass is 10.1. The van der Waals surface area contributed by atoms with Crippen LogP contribution in [0.5, 0.6) is 0 Å². The fourth-order valence-electron chi connectivity index (χ4n) is 2.87. The Morgan fingerprint density at radius 2 is 1.91 bits per heavy atom. The second kappa shape index (κ2) is 9.51. The van der Waals surface area contributed by atoms with E-state index in [4.69, 9.17) is 16.0 Å². The maximum absolute atomic E-state index is 12.2. The number of nitrogen functional groups attached to an aromatic ring is 1. The predicted octanol–water partition coefficient (Wildman–Crippen LogP) is 2.65. The highest BCUT2D eigenvalue weighted by molar-refractivity contribution is 5.98. The first-order valence-corrected chi connectivity index (χ1v) is 9.82. The number of hydrazone groups is 1. The molecule has 0 fully saturated rings. The molecule has 0 aliphatic carbocycles. The van der Waals surface area contributed by atoms with Crippen LogP contribution in [0.3, 0.4) is 0 Å². The van der Waals surface area contributed by atoms with Crippen molar-refractivity contribution in [2.45, 2.75) is 12.6 Å². The van der Waals surface area contributed by atoms with Gasteiger partial charge in [0.2, 0.25) is 17.7 Å². The predicted molar refractivity (Wildman–Crippen MR) is 116 cm³/mol. The normalized spacial score (nSPS) is 12.6. The van der Waals surface area contributed by atoms with E-state index in [0.717, 1.165) is 5.56 Å². The monoisotopic (exact) mass is 473 g/mol. The van der Waals surface area contributed by atoms with Gasteiger partial charge in [0.1, 0.15) is 0 Å². The number of benzene rings is 1. The highest BCUT2D eigenvalue weighted by atomic mass is 19.4. The van der Waals surface area contributed by atoms with Crippen LogP contribution in [0, 0.1) is 0 Å². The third kappa shape index (κ3) is 5.43. The average molecular weight is 473 g/mol. The van der Waals surface area contributed by atoms with Crippen molar-refractivity contribution < 1.29 is 17.6 Å². The molecule has 176 valence electrons. The van der Waals surface area contributed by atoms with Crippen LogP contribution in [-0.2, 0) is 6.42 Å². The third-order valence-corrected chi connectivity index (χ3v) is 4.42. The molecule has 0 spiro atoms. The van der Waals surface area contributed by atoms with Crippen molar-refractivity contribution in [3.8, 4) is 11.6 Å². The maximum atomic E-state index is 12.2. The Kier molecular flexibility index (Phi) is 6.33. The van der Waals surface area contributed by atoms with Crippen LogP contribution in [0.25, 0.3) is 17.4 Å². The van der Waals surface area contributed by atoms with E-state index in [1.807, 2.05) is 0 Å². The number of rotatable bonds is 7. The number of halogens is 3. The first-order chi connectivity index (χ1) is 16.3. The molecule has 3 heterocycles. The zero-order chi connectivity index (χ0) is 24.1. The highest BCUT2D eigenvalue weighted by Gasteiger charge is 2.26. The fourth-order valence-corrected chi connectivity index (χ4v) is 2.87. The van der Waals surface area contributed by atoms with Gasteiger partial charge in [0.15, 0.2) is 18.1 Å². The minimum Gasteiger partial charge on any atom is -0.461 e. The van der Waals surface area contributed by atoms with Gasteiger partial charge in [-0.1, -0.05) is 24.3 Å². The largest absolute Gasteiger partial charge is 0.461 e. The van der Waals surface area contributed by atoms with Crippen LogP contribution in [-0.4, -0.2) is 49.7 Å². The number of nitrogens with zero attached hydrogens (tertiary/aromatic N) is 8. The van der Waals surface area contributed by atoms with Gasteiger partial charge in [0, 0.05) is 12.1 Å². The lowest BCUT2D eigenvalue weighted by Gasteiger charge is -2.07. The topological polar surface area (TPSA) is 170 Å². The molecule has 3 aromatic heterocycles. The van der Waals surface area contributed by atoms with Crippen molar-refractivity contribution >= 4 is 23.5 Å². The summed E-state index contributed by atoms with van der Waals surface area (Å²) in [5, 5.41) is 17.2. The van der Waals surface area contributed by atoms with E-state index < -0.39 is 12.7 Å². The van der Waals surface area contributed by atoms with E-state index in [1.165, 1.54) is 10.8 Å². The van der Waals surface area contributed by atoms with Crippen molar-refractivity contribution in [2.75, 3.05) is 24.1 Å². The molecule has 4 aromatic rings. The Hall–Kier alpha value is -4.56. The number of nitrogens with two attached hydrogens (primary N) is 2. The number of azo groups is 1. The number of nitrogens with one attached hydrogen (secondary N) is 1. The molecule has 0 radical (unpaired) electrons. The van der Waals surface area contributed by atoms with Crippen LogP contribution in [0.1, 0.15) is 11.1 Å². The Morgan fingerprint density at radius 1 is 1.12 bits per heavy atom. The summed E-state index contributed by atoms with van der Waals surface area (Å²) in [6.45, 7) is -0.940. The zero-order valence-electron chi connectivity index (χ0n) is 17.4. The molecular weight excluding hydrogens is 455 g/mol. The van der Waals surface area contributed by atoms with Crippen LogP contribution >= 0.6 is 0 Å². The van der Waals surface area contributed by atoms with Gasteiger partial charge in [-0.2, -0.15) is 42.9 Å². The average Bonchev–Trinajstić information content (AvgIpc) is 3.47. The number of hydrogen-bond acceptors (Lipinski definition) is 10. The van der Waals surface area contributed by atoms with E-state index in [-0.39, 0.29) is 23.5 Å². The third-order valence-electron chi connectivity index (χ3n) is 4.42. The van der Waals surface area contributed by atoms with E-state index in [1.54, 1.807) is 36.4 Å². The molecule has 5 N–H and O–H groups in total. The van der Waals surface area contributed by atoms with Crippen molar-refractivity contribution in [3.05, 3.63) is 53.8 Å². The minimum atomic E-state index is -4.45. The van der Waals surface area contributed by atoms with Crippen molar-refractivity contribution in [1.29, 1.82) is 0 Å². The molecule has 4 rings (SSSR count). The van der Waals surface area contributed by atoms with Crippen molar-refractivity contribution in [3.63, 3.8) is 0 Å². The van der Waals surface area contributed by atoms with E-state index in [9.17, 15) is 13.2 Å². The van der Waals surface area contributed by atoms with Gasteiger partial charge in [-0.25, -0.2) is 0 Å². The number of aromatic nitrogens is 5. The zero-order valence-corrected chi connectivity index (χ0v) is 17.4. The van der Waals surface area contributed by atoms with E-state index in [0.29, 0.717) is 30.1 Å². The summed E-state index contributed by atoms with van der Waals surface area (Å²) < 4.78 is 43.2. The summed E-state index contributed by atoms with van der Waals surface area (Å²) in [6.07, 6.45) is -2.35. The van der Waals surface area contributed by atoms with Crippen LogP contribution < -0.4 is 16.9 Å². The Morgan fingerprint density at radius 3 is 2.59 bits per heavy atom. The molecule has 0 saturated carbocycles. The SMILES string of the molecule is N/N=C(\N=NCC(F)(F)F)c1ccc(CCNc2nc(N)n3nc(-c4ccco4)nc3n2)cc1. The number of hydrogen-bond donors (Lipinski definition) is 3. The molecule has 0 atom stereocenters. The van der Waals surface area contributed by atoms with Crippen LogP contribution in [0.4, 0.5) is 25.1 Å². The number of furan rings is 1. The second-order valence-corrected chi connectivity index (χ2v) is 6.87. The van der Waals surface area contributed by atoms with Crippen molar-refractivity contribution in [1.82, 2.24) is 24.6 Å². The molecule has 0 aliphatic heterocycles. The lowest BCUT2D eigenvalue weighted by molar-refractivity contribution is -0.119. The van der Waals surface area contributed by atoms with E-state index in [2.05, 4.69) is 40.7 Å². The van der Waals surface area contributed by atoms with Crippen molar-refractivity contribution in [2.24, 2.45) is 21.2 Å². The molecule has 15 heteroatoms. The first kappa shape index (κ1) is 22.6. The smallest absolute Gasteiger partial charge is 0.409 e. The summed E-state index contributed by atoms with van der Waals surface area (Å²) in [4.78, 5) is 12.8. The molecule has 0 amide bonds. The van der Waals surface area contributed by atoms with Gasteiger partial charge < -0.3 is 21.3 Å². The number of anilines is 2. The summed E-state index contributed by atoms with van der Waals surface area (Å²) in [5.74, 6) is 6.58. The van der Waals surface area contributed by atoms with Gasteiger partial charge in [-0.3, -0.25) is 0 Å². The maximum Gasteiger partial charge on any atom is 0.409 e. The van der Waals surface area contributed by atoms with Crippen LogP contribution in [0.15, 0.2) is 62.4 Å². The highest BCUT2D eigenvalue weighted by Crippen LogP contribution is 2.18. The standard InChI is InChI=1S/C19H18F3N11O/c20-19(21,22)10-26-31-14(30-24)12-5-3-11(4-6-12)7-8-25-17-28-16(23)33-18(29-17)27-15(32-33)13-2-1-9-34-13/h1-6,9H,7-8,10,24H2,(H3,23,25,27,28,29,32)/b30-14-,31-26?. The molecule has 34 heavy (non-hydrogen) atoms. The Bertz CT molecular complexity index is 1310. The Balaban J connectivity index is 1.37. The van der Waals surface area contributed by atoms with Gasteiger partial charge in [0.25, 0.3) is 5.78 Å². The first-order valence-electron chi connectivity index (χ1n) is 9.82.